The molecule has 2 aromatic heterocycles. The van der Waals surface area contributed by atoms with Crippen LogP contribution in [0.15, 0.2) is 46.3 Å². The number of nitrogens with two attached hydrogens (primary N) is 1. The standard InChI is InChI=1S/C19H18N6O6S2/c1-9-15(22-23-19-21-12-5-3-4-11(18(26)27)16(12)32-19)17(20)25(24-9)10-6-7-13(31-2)14(8-10)33(28,29)30/h3-7,14H,8,20H2,1-2H3,(H,26,27)(H,28,29,30). The minimum Gasteiger partial charge on any atom is -0.500 e. The predicted octanol–water partition coefficient (Wildman–Crippen LogP) is 3.53. The average Bonchev–Trinajstić information content (AvgIpc) is 3.30. The first-order chi connectivity index (χ1) is 15.6. The molecule has 0 aliphatic heterocycles. The highest BCUT2D eigenvalue weighted by atomic mass is 32.2. The molecule has 1 aliphatic carbocycles. The minimum absolute atomic E-state index is 0.0974. The van der Waals surface area contributed by atoms with Crippen LogP contribution in [0.25, 0.3) is 15.9 Å². The van der Waals surface area contributed by atoms with E-state index < -0.39 is 21.3 Å². The number of hydrogen-bond acceptors (Lipinski definition) is 10. The number of carboxylic acid groups (broad SMARTS) is 1. The topological polar surface area (TPSA) is 182 Å². The van der Waals surface area contributed by atoms with Crippen molar-refractivity contribution >= 4 is 60.0 Å². The van der Waals surface area contributed by atoms with Gasteiger partial charge in [-0.3, -0.25) is 4.55 Å². The normalized spacial score (nSPS) is 16.8. The highest BCUT2D eigenvalue weighted by molar-refractivity contribution is 7.86. The smallest absolute Gasteiger partial charge is 0.337 e. The van der Waals surface area contributed by atoms with E-state index in [1.165, 1.54) is 23.9 Å². The van der Waals surface area contributed by atoms with Crippen LogP contribution in [0.4, 0.5) is 16.6 Å². The van der Waals surface area contributed by atoms with Gasteiger partial charge < -0.3 is 15.6 Å². The summed E-state index contributed by atoms with van der Waals surface area (Å²) < 4.78 is 39.9. The molecule has 0 bridgehead atoms. The van der Waals surface area contributed by atoms with Crippen LogP contribution in [0.5, 0.6) is 0 Å². The monoisotopic (exact) mass is 490 g/mol. The van der Waals surface area contributed by atoms with Crippen molar-refractivity contribution in [1.82, 2.24) is 14.8 Å². The van der Waals surface area contributed by atoms with Crippen molar-refractivity contribution in [1.29, 1.82) is 0 Å². The summed E-state index contributed by atoms with van der Waals surface area (Å²) in [6.07, 6.45) is 2.90. The van der Waals surface area contributed by atoms with E-state index in [1.807, 2.05) is 0 Å². The van der Waals surface area contributed by atoms with E-state index in [0.29, 0.717) is 21.6 Å². The van der Waals surface area contributed by atoms with Gasteiger partial charge in [0, 0.05) is 12.1 Å². The number of benzene rings is 1. The number of nitrogens with zero attached hydrogens (tertiary/aromatic N) is 5. The fourth-order valence-electron chi connectivity index (χ4n) is 3.37. The van der Waals surface area contributed by atoms with Crippen LogP contribution < -0.4 is 5.73 Å². The van der Waals surface area contributed by atoms with Crippen molar-refractivity contribution in [2.75, 3.05) is 12.8 Å². The molecule has 1 atom stereocenters. The van der Waals surface area contributed by atoms with Gasteiger partial charge in [0.1, 0.15) is 11.0 Å². The Bertz CT molecular complexity index is 1470. The number of fused-ring (bicyclic) bond motifs is 1. The van der Waals surface area contributed by atoms with E-state index in [9.17, 15) is 22.9 Å². The zero-order valence-corrected chi connectivity index (χ0v) is 19.0. The van der Waals surface area contributed by atoms with Gasteiger partial charge in [-0.25, -0.2) is 14.5 Å². The maximum atomic E-state index is 11.8. The third-order valence-electron chi connectivity index (χ3n) is 4.95. The Balaban J connectivity index is 1.68. The van der Waals surface area contributed by atoms with Crippen LogP contribution in [0.2, 0.25) is 0 Å². The molecular formula is C19H18N6O6S2. The maximum absolute atomic E-state index is 11.8. The van der Waals surface area contributed by atoms with Crippen LogP contribution in [-0.4, -0.2) is 51.2 Å². The summed E-state index contributed by atoms with van der Waals surface area (Å²) in [5, 5.41) is 20.8. The van der Waals surface area contributed by atoms with E-state index >= 15 is 0 Å². The number of allylic oxidation sites excluding steroid dienone is 3. The Morgan fingerprint density at radius 2 is 2.09 bits per heavy atom. The first-order valence-corrected chi connectivity index (χ1v) is 11.7. The largest absolute Gasteiger partial charge is 0.500 e. The third kappa shape index (κ3) is 4.22. The van der Waals surface area contributed by atoms with Gasteiger partial charge >= 0.3 is 5.97 Å². The molecule has 0 saturated heterocycles. The fraction of sp³-hybridized carbons (Fsp3) is 0.211. The Hall–Kier alpha value is -3.62. The predicted molar refractivity (Wildman–Crippen MR) is 121 cm³/mol. The van der Waals surface area contributed by atoms with Crippen LogP contribution in [0.1, 0.15) is 22.5 Å². The van der Waals surface area contributed by atoms with Crippen molar-refractivity contribution < 1.29 is 27.6 Å². The molecule has 1 aromatic carbocycles. The number of carbonyl (C=O) groups is 1. The van der Waals surface area contributed by atoms with Gasteiger partial charge in [-0.05, 0) is 31.2 Å². The first kappa shape index (κ1) is 22.6. The van der Waals surface area contributed by atoms with Gasteiger partial charge in [-0.2, -0.15) is 13.5 Å². The molecule has 12 nitrogen and oxygen atoms in total. The van der Waals surface area contributed by atoms with Crippen molar-refractivity contribution in [3.63, 3.8) is 0 Å². The summed E-state index contributed by atoms with van der Waals surface area (Å²) in [6, 6.07) is 4.76. The lowest BCUT2D eigenvalue weighted by atomic mass is 10.1. The molecule has 4 rings (SSSR count). The molecule has 0 radical (unpaired) electrons. The minimum atomic E-state index is -4.42. The zero-order valence-electron chi connectivity index (χ0n) is 17.3. The molecule has 3 aromatic rings. The van der Waals surface area contributed by atoms with E-state index in [-0.39, 0.29) is 34.4 Å². The van der Waals surface area contributed by atoms with Crippen LogP contribution in [0, 0.1) is 6.92 Å². The van der Waals surface area contributed by atoms with Crippen molar-refractivity contribution in [3.05, 3.63) is 47.4 Å². The SMILES string of the molecule is COC1=CC=C(n2nc(C)c(N=Nc3nc4cccc(C(=O)O)c4s3)c2N)CC1S(=O)(=O)O. The van der Waals surface area contributed by atoms with E-state index in [1.54, 1.807) is 25.1 Å². The average molecular weight is 491 g/mol. The number of rotatable bonds is 6. The Labute approximate surface area is 191 Å². The summed E-state index contributed by atoms with van der Waals surface area (Å²) >= 11 is 1.08. The molecule has 4 N–H and O–H groups in total. The fourth-order valence-corrected chi connectivity index (χ4v) is 5.12. The lowest BCUT2D eigenvalue weighted by Crippen LogP contribution is -2.27. The molecule has 0 spiro atoms. The lowest BCUT2D eigenvalue weighted by Gasteiger charge is -2.22. The third-order valence-corrected chi connectivity index (χ3v) is 7.06. The molecule has 0 fully saturated rings. The molecule has 1 unspecified atom stereocenters. The summed E-state index contributed by atoms with van der Waals surface area (Å²) in [6.45, 7) is 1.65. The maximum Gasteiger partial charge on any atom is 0.337 e. The van der Waals surface area contributed by atoms with Gasteiger partial charge in [0.05, 0.1) is 28.6 Å². The summed E-state index contributed by atoms with van der Waals surface area (Å²) in [5.41, 5.74) is 7.90. The number of aromatic carboxylic acids is 1. The highest BCUT2D eigenvalue weighted by Gasteiger charge is 2.33. The number of methoxy groups -OCH3 is 1. The summed E-state index contributed by atoms with van der Waals surface area (Å²) in [4.78, 5) is 15.7. The second kappa shape index (κ2) is 8.38. The van der Waals surface area contributed by atoms with Crippen LogP contribution in [0.3, 0.4) is 0 Å². The Kier molecular flexibility index (Phi) is 5.73. The second-order valence-electron chi connectivity index (χ2n) is 7.03. The van der Waals surface area contributed by atoms with Crippen LogP contribution >= 0.6 is 11.3 Å². The number of anilines is 1. The van der Waals surface area contributed by atoms with Gasteiger partial charge in [-0.15, -0.1) is 10.2 Å². The molecule has 172 valence electrons. The van der Waals surface area contributed by atoms with Crippen molar-refractivity contribution in [3.8, 4) is 0 Å². The van der Waals surface area contributed by atoms with E-state index in [4.69, 9.17) is 10.5 Å². The number of azo groups is 1. The van der Waals surface area contributed by atoms with Gasteiger partial charge in [0.2, 0.25) is 5.13 Å². The van der Waals surface area contributed by atoms with E-state index in [2.05, 4.69) is 20.3 Å². The number of aryl methyl sites for hydroxylation is 1. The molecule has 14 heteroatoms. The molecular weight excluding hydrogens is 472 g/mol. The number of aromatic nitrogens is 3. The number of nitrogen functional groups attached to an aromatic ring is 1. The second-order valence-corrected chi connectivity index (χ2v) is 9.60. The molecule has 0 saturated carbocycles. The quantitative estimate of drug-likeness (QED) is 0.344. The Morgan fingerprint density at radius 1 is 1.33 bits per heavy atom. The first-order valence-electron chi connectivity index (χ1n) is 9.41. The van der Waals surface area contributed by atoms with Gasteiger partial charge in [0.15, 0.2) is 11.5 Å². The Morgan fingerprint density at radius 3 is 2.76 bits per heavy atom. The van der Waals surface area contributed by atoms with Gasteiger partial charge in [-0.1, -0.05) is 17.4 Å². The molecule has 1 aliphatic rings. The van der Waals surface area contributed by atoms with E-state index in [0.717, 1.165) is 11.3 Å². The zero-order chi connectivity index (χ0) is 23.9. The lowest BCUT2D eigenvalue weighted by molar-refractivity contribution is 0.0699. The molecule has 2 heterocycles. The molecule has 33 heavy (non-hydrogen) atoms. The number of thiazole rings is 1. The molecule has 0 amide bonds. The van der Waals surface area contributed by atoms with Crippen molar-refractivity contribution in [2.24, 2.45) is 10.2 Å². The highest BCUT2D eigenvalue weighted by Crippen LogP contribution is 2.36. The number of hydrogen-bond donors (Lipinski definition) is 3. The number of carboxylic acids is 1. The van der Waals surface area contributed by atoms with Crippen molar-refractivity contribution in [2.45, 2.75) is 18.6 Å². The van der Waals surface area contributed by atoms with Crippen LogP contribution in [-0.2, 0) is 14.9 Å². The number of ether oxygens (including phenoxy) is 1. The summed E-state index contributed by atoms with van der Waals surface area (Å²) in [5.74, 6) is -0.859. The summed E-state index contributed by atoms with van der Waals surface area (Å²) in [7, 11) is -3.11. The van der Waals surface area contributed by atoms with Gasteiger partial charge in [0.25, 0.3) is 10.1 Å².